The smallest absolute Gasteiger partial charge is 0.225 e. The van der Waals surface area contributed by atoms with Crippen LogP contribution < -0.4 is 5.32 Å². The summed E-state index contributed by atoms with van der Waals surface area (Å²) in [6.07, 6.45) is 4.04. The van der Waals surface area contributed by atoms with Gasteiger partial charge in [-0.2, -0.15) is 0 Å². The molecule has 2 fully saturated rings. The maximum Gasteiger partial charge on any atom is 0.225 e. The molecular weight excluding hydrogens is 328 g/mol. The van der Waals surface area contributed by atoms with Crippen LogP contribution in [0.3, 0.4) is 0 Å². The molecule has 5 heteroatoms. The highest BCUT2D eigenvalue weighted by atomic mass is 16.5. The van der Waals surface area contributed by atoms with Crippen LogP contribution >= 0.6 is 0 Å². The average Bonchev–Trinajstić information content (AvgIpc) is 3.50. The number of hydrogen-bond donors (Lipinski definition) is 1. The molecule has 1 aliphatic carbocycles. The summed E-state index contributed by atoms with van der Waals surface area (Å²) in [5.41, 5.74) is 2.21. The van der Waals surface area contributed by atoms with Gasteiger partial charge in [0.25, 0.3) is 0 Å². The highest BCUT2D eigenvalue weighted by molar-refractivity contribution is 5.83. The summed E-state index contributed by atoms with van der Waals surface area (Å²) in [6.45, 7) is 6.56. The molecule has 0 bridgehead atoms. The van der Waals surface area contributed by atoms with Gasteiger partial charge in [-0.25, -0.2) is 0 Å². The van der Waals surface area contributed by atoms with Gasteiger partial charge in [-0.1, -0.05) is 24.3 Å². The van der Waals surface area contributed by atoms with E-state index in [-0.39, 0.29) is 29.8 Å². The molecule has 2 aliphatic rings. The Bertz CT molecular complexity index is 623. The topological polar surface area (TPSA) is 58.6 Å². The zero-order valence-electron chi connectivity index (χ0n) is 15.9. The number of nitrogens with zero attached hydrogens (tertiary/aromatic N) is 1. The quantitative estimate of drug-likeness (QED) is 0.815. The maximum atomic E-state index is 12.5. The van der Waals surface area contributed by atoms with Gasteiger partial charge in [0.05, 0.1) is 18.6 Å². The third-order valence-corrected chi connectivity index (χ3v) is 5.10. The number of amides is 2. The first kappa shape index (κ1) is 18.9. The largest absolute Gasteiger partial charge is 0.374 e. The molecule has 1 N–H and O–H groups in total. The molecule has 1 unspecified atom stereocenters. The third-order valence-electron chi connectivity index (χ3n) is 5.10. The van der Waals surface area contributed by atoms with Crippen LogP contribution in [0.2, 0.25) is 0 Å². The van der Waals surface area contributed by atoms with E-state index < -0.39 is 0 Å². The van der Waals surface area contributed by atoms with E-state index in [1.807, 2.05) is 43.0 Å². The van der Waals surface area contributed by atoms with Crippen LogP contribution in [0.1, 0.15) is 50.7 Å². The van der Waals surface area contributed by atoms with Crippen LogP contribution in [0, 0.1) is 11.8 Å². The second-order valence-corrected chi connectivity index (χ2v) is 7.79. The highest BCUT2D eigenvalue weighted by Crippen LogP contribution is 2.32. The van der Waals surface area contributed by atoms with E-state index in [0.29, 0.717) is 19.7 Å². The predicted molar refractivity (Wildman–Crippen MR) is 100 cm³/mol. The number of nitrogens with one attached hydrogen (secondary N) is 1. The molecule has 3 rings (SSSR count). The number of likely N-dealkylation sites (tertiary alicyclic amines) is 1. The van der Waals surface area contributed by atoms with Gasteiger partial charge < -0.3 is 15.0 Å². The Hall–Kier alpha value is -1.88. The maximum absolute atomic E-state index is 12.5. The van der Waals surface area contributed by atoms with Gasteiger partial charge in [0.2, 0.25) is 11.8 Å². The van der Waals surface area contributed by atoms with Gasteiger partial charge in [0.1, 0.15) is 0 Å². The van der Waals surface area contributed by atoms with Crippen molar-refractivity contribution >= 4 is 11.8 Å². The molecule has 1 saturated heterocycles. The van der Waals surface area contributed by atoms with Crippen LogP contribution in [0.15, 0.2) is 24.3 Å². The summed E-state index contributed by atoms with van der Waals surface area (Å²) >= 11 is 0. The fraction of sp³-hybridized carbons (Fsp3) is 0.619. The second kappa shape index (κ2) is 8.67. The molecule has 1 aliphatic heterocycles. The van der Waals surface area contributed by atoms with E-state index in [9.17, 15) is 9.59 Å². The zero-order valence-corrected chi connectivity index (χ0v) is 15.9. The number of rotatable bonds is 7. The molecule has 1 saturated carbocycles. The first-order valence-electron chi connectivity index (χ1n) is 9.79. The predicted octanol–water partition coefficient (Wildman–Crippen LogP) is 2.88. The van der Waals surface area contributed by atoms with Gasteiger partial charge in [-0.3, -0.25) is 9.59 Å². The van der Waals surface area contributed by atoms with Crippen molar-refractivity contribution in [2.45, 2.75) is 58.8 Å². The normalized spacial score (nSPS) is 20.3. The Balaban J connectivity index is 1.45. The molecule has 1 aromatic rings. The van der Waals surface area contributed by atoms with E-state index in [1.165, 1.54) is 0 Å². The van der Waals surface area contributed by atoms with Gasteiger partial charge >= 0.3 is 0 Å². The van der Waals surface area contributed by atoms with E-state index in [2.05, 4.69) is 5.32 Å². The standard InChI is InChI=1S/C21H30N2O3/c1-15(2)26-14-17-7-5-16(6-8-17)12-22-20(24)19-4-3-11-23(13-19)21(25)18-9-10-18/h5-8,15,18-19H,3-4,9-14H2,1-2H3,(H,22,24). The third kappa shape index (κ3) is 5.31. The highest BCUT2D eigenvalue weighted by Gasteiger charge is 2.36. The lowest BCUT2D eigenvalue weighted by Gasteiger charge is -2.32. The lowest BCUT2D eigenvalue weighted by atomic mass is 9.96. The fourth-order valence-corrected chi connectivity index (χ4v) is 3.33. The molecule has 0 aromatic heterocycles. The van der Waals surface area contributed by atoms with E-state index in [0.717, 1.165) is 43.4 Å². The van der Waals surface area contributed by atoms with Gasteiger partial charge in [0, 0.05) is 25.6 Å². The van der Waals surface area contributed by atoms with Gasteiger partial charge in [-0.15, -0.1) is 0 Å². The number of carbonyl (C=O) groups excluding carboxylic acids is 2. The summed E-state index contributed by atoms with van der Waals surface area (Å²) in [5.74, 6) is 0.465. The molecular formula is C21H30N2O3. The van der Waals surface area contributed by atoms with Crippen molar-refractivity contribution in [2.24, 2.45) is 11.8 Å². The summed E-state index contributed by atoms with van der Waals surface area (Å²) < 4.78 is 5.59. The second-order valence-electron chi connectivity index (χ2n) is 7.79. The van der Waals surface area contributed by atoms with Crippen molar-refractivity contribution in [3.8, 4) is 0 Å². The van der Waals surface area contributed by atoms with Crippen molar-refractivity contribution < 1.29 is 14.3 Å². The summed E-state index contributed by atoms with van der Waals surface area (Å²) in [7, 11) is 0. The minimum absolute atomic E-state index is 0.0607. The fourth-order valence-electron chi connectivity index (χ4n) is 3.33. The van der Waals surface area contributed by atoms with Crippen LogP contribution in [0.4, 0.5) is 0 Å². The molecule has 0 radical (unpaired) electrons. The Labute approximate surface area is 156 Å². The summed E-state index contributed by atoms with van der Waals surface area (Å²) in [4.78, 5) is 26.6. The average molecular weight is 358 g/mol. The van der Waals surface area contributed by atoms with Crippen molar-refractivity contribution in [2.75, 3.05) is 13.1 Å². The molecule has 26 heavy (non-hydrogen) atoms. The molecule has 0 spiro atoms. The Morgan fingerprint density at radius 1 is 1.12 bits per heavy atom. The van der Waals surface area contributed by atoms with Crippen LogP contribution in [-0.4, -0.2) is 35.9 Å². The molecule has 1 heterocycles. The number of piperidine rings is 1. The molecule has 1 aromatic carbocycles. The minimum atomic E-state index is -0.0786. The number of carbonyl (C=O) groups is 2. The zero-order chi connectivity index (χ0) is 18.5. The number of benzene rings is 1. The van der Waals surface area contributed by atoms with Crippen LogP contribution in [-0.2, 0) is 27.5 Å². The molecule has 2 amide bonds. The van der Waals surface area contributed by atoms with Crippen molar-refractivity contribution in [3.05, 3.63) is 35.4 Å². The molecule has 5 nitrogen and oxygen atoms in total. The minimum Gasteiger partial charge on any atom is -0.374 e. The van der Waals surface area contributed by atoms with Gasteiger partial charge in [0.15, 0.2) is 0 Å². The molecule has 142 valence electrons. The van der Waals surface area contributed by atoms with Crippen LogP contribution in [0.25, 0.3) is 0 Å². The Morgan fingerprint density at radius 2 is 1.81 bits per heavy atom. The van der Waals surface area contributed by atoms with Crippen LogP contribution in [0.5, 0.6) is 0 Å². The van der Waals surface area contributed by atoms with Crippen molar-refractivity contribution in [3.63, 3.8) is 0 Å². The monoisotopic (exact) mass is 358 g/mol. The van der Waals surface area contributed by atoms with Crippen molar-refractivity contribution in [1.82, 2.24) is 10.2 Å². The van der Waals surface area contributed by atoms with E-state index >= 15 is 0 Å². The van der Waals surface area contributed by atoms with Crippen molar-refractivity contribution in [1.29, 1.82) is 0 Å². The first-order valence-corrected chi connectivity index (χ1v) is 9.79. The lowest BCUT2D eigenvalue weighted by molar-refractivity contribution is -0.136. The SMILES string of the molecule is CC(C)OCc1ccc(CNC(=O)C2CCCN(C(=O)C3CC3)C2)cc1. The number of ether oxygens (including phenoxy) is 1. The Kier molecular flexibility index (Phi) is 6.30. The number of hydrogen-bond acceptors (Lipinski definition) is 3. The molecule has 1 atom stereocenters. The first-order chi connectivity index (χ1) is 12.5. The van der Waals surface area contributed by atoms with E-state index in [4.69, 9.17) is 4.74 Å². The van der Waals surface area contributed by atoms with E-state index in [1.54, 1.807) is 0 Å². The summed E-state index contributed by atoms with van der Waals surface area (Å²) in [6, 6.07) is 8.15. The Morgan fingerprint density at radius 3 is 2.46 bits per heavy atom. The lowest BCUT2D eigenvalue weighted by Crippen LogP contribution is -2.45. The summed E-state index contributed by atoms with van der Waals surface area (Å²) in [5, 5.41) is 3.03. The van der Waals surface area contributed by atoms with Gasteiger partial charge in [-0.05, 0) is 50.7 Å².